The van der Waals surface area contributed by atoms with Gasteiger partial charge in [0.2, 0.25) is 0 Å². The summed E-state index contributed by atoms with van der Waals surface area (Å²) in [5.41, 5.74) is 0.856. The van der Waals surface area contributed by atoms with Crippen LogP contribution in [0.25, 0.3) is 0 Å². The summed E-state index contributed by atoms with van der Waals surface area (Å²) in [5.74, 6) is 1.76. The molecule has 0 saturated carbocycles. The molecule has 88 valence electrons. The van der Waals surface area contributed by atoms with E-state index in [1.807, 2.05) is 0 Å². The fourth-order valence-corrected chi connectivity index (χ4v) is 1.91. The molecule has 0 aliphatic carbocycles. The summed E-state index contributed by atoms with van der Waals surface area (Å²) in [4.78, 5) is 0. The van der Waals surface area contributed by atoms with Gasteiger partial charge < -0.3 is 4.74 Å². The molecule has 0 unspecified atom stereocenters. The van der Waals surface area contributed by atoms with E-state index in [1.54, 1.807) is 42.5 Å². The lowest BCUT2D eigenvalue weighted by molar-refractivity contribution is 0.478. The number of halogens is 3. The minimum atomic E-state index is 0.351. The second-order valence-electron chi connectivity index (χ2n) is 3.44. The lowest BCUT2D eigenvalue weighted by Crippen LogP contribution is -1.89. The molecule has 2 rings (SSSR count). The van der Waals surface area contributed by atoms with Gasteiger partial charge in [-0.15, -0.1) is 11.6 Å². The second-order valence-corrected chi connectivity index (χ2v) is 4.58. The van der Waals surface area contributed by atoms with Gasteiger partial charge in [0.25, 0.3) is 0 Å². The molecule has 0 aliphatic heterocycles. The Morgan fingerprint density at radius 3 is 2.18 bits per heavy atom. The average molecular weight is 288 g/mol. The molecule has 0 fully saturated rings. The van der Waals surface area contributed by atoms with Crippen molar-refractivity contribution in [3.8, 4) is 11.5 Å². The Balaban J connectivity index is 2.26. The van der Waals surface area contributed by atoms with Crippen LogP contribution in [-0.4, -0.2) is 0 Å². The number of benzene rings is 2. The van der Waals surface area contributed by atoms with Crippen molar-refractivity contribution in [2.75, 3.05) is 0 Å². The number of rotatable bonds is 3. The zero-order valence-electron chi connectivity index (χ0n) is 8.79. The van der Waals surface area contributed by atoms with Crippen LogP contribution in [0.3, 0.4) is 0 Å². The summed E-state index contributed by atoms with van der Waals surface area (Å²) < 4.78 is 5.71. The van der Waals surface area contributed by atoms with Crippen LogP contribution in [0.5, 0.6) is 11.5 Å². The topological polar surface area (TPSA) is 9.23 Å². The molecular formula is C13H9Cl3O. The van der Waals surface area contributed by atoms with Crippen molar-refractivity contribution in [2.24, 2.45) is 0 Å². The Bertz CT molecular complexity index is 509. The van der Waals surface area contributed by atoms with Crippen LogP contribution in [0.2, 0.25) is 10.0 Å². The summed E-state index contributed by atoms with van der Waals surface area (Å²) in [5, 5.41) is 1.31. The lowest BCUT2D eigenvalue weighted by atomic mass is 10.2. The van der Waals surface area contributed by atoms with Crippen LogP contribution >= 0.6 is 34.8 Å². The summed E-state index contributed by atoms with van der Waals surface area (Å²) in [6.45, 7) is 0. The zero-order valence-corrected chi connectivity index (χ0v) is 11.1. The first-order valence-electron chi connectivity index (χ1n) is 4.97. The molecule has 0 radical (unpaired) electrons. The van der Waals surface area contributed by atoms with E-state index in [4.69, 9.17) is 39.5 Å². The summed E-state index contributed by atoms with van der Waals surface area (Å²) in [7, 11) is 0. The Labute approximate surface area is 115 Å². The van der Waals surface area contributed by atoms with Gasteiger partial charge in [-0.05, 0) is 42.5 Å². The van der Waals surface area contributed by atoms with Crippen LogP contribution < -0.4 is 4.74 Å². The largest absolute Gasteiger partial charge is 0.457 e. The quantitative estimate of drug-likeness (QED) is 0.675. The molecule has 0 heterocycles. The third-order valence-electron chi connectivity index (χ3n) is 2.21. The predicted molar refractivity (Wildman–Crippen MR) is 72.5 cm³/mol. The van der Waals surface area contributed by atoms with Crippen molar-refractivity contribution in [3.63, 3.8) is 0 Å². The summed E-state index contributed by atoms with van der Waals surface area (Å²) in [6, 6.07) is 12.5. The van der Waals surface area contributed by atoms with E-state index in [1.165, 1.54) is 0 Å². The highest BCUT2D eigenvalue weighted by Gasteiger charge is 2.05. The third-order valence-corrected chi connectivity index (χ3v) is 2.98. The minimum Gasteiger partial charge on any atom is -0.457 e. The van der Waals surface area contributed by atoms with Gasteiger partial charge in [-0.2, -0.15) is 0 Å². The highest BCUT2D eigenvalue weighted by molar-refractivity contribution is 6.31. The highest BCUT2D eigenvalue weighted by atomic mass is 35.5. The number of hydrogen-bond donors (Lipinski definition) is 0. The van der Waals surface area contributed by atoms with Crippen molar-refractivity contribution in [2.45, 2.75) is 5.88 Å². The van der Waals surface area contributed by atoms with E-state index in [0.717, 1.165) is 5.56 Å². The molecule has 0 aliphatic rings. The van der Waals surface area contributed by atoms with E-state index in [0.29, 0.717) is 27.4 Å². The van der Waals surface area contributed by atoms with Crippen LogP contribution in [-0.2, 0) is 5.88 Å². The summed E-state index contributed by atoms with van der Waals surface area (Å²) >= 11 is 17.5. The molecule has 2 aromatic rings. The van der Waals surface area contributed by atoms with Crippen molar-refractivity contribution >= 4 is 34.8 Å². The van der Waals surface area contributed by atoms with Crippen LogP contribution in [0.15, 0.2) is 42.5 Å². The SMILES string of the molecule is ClCc1cc(Cl)ccc1Oc1ccc(Cl)cc1. The monoisotopic (exact) mass is 286 g/mol. The zero-order chi connectivity index (χ0) is 12.3. The highest BCUT2D eigenvalue weighted by Crippen LogP contribution is 2.29. The second kappa shape index (κ2) is 5.63. The Morgan fingerprint density at radius 1 is 0.882 bits per heavy atom. The molecule has 0 saturated heterocycles. The van der Waals surface area contributed by atoms with Gasteiger partial charge in [0.15, 0.2) is 0 Å². The van der Waals surface area contributed by atoms with Crippen molar-refractivity contribution in [1.82, 2.24) is 0 Å². The number of alkyl halides is 1. The Morgan fingerprint density at radius 2 is 1.53 bits per heavy atom. The molecule has 0 amide bonds. The maximum atomic E-state index is 5.89. The minimum absolute atomic E-state index is 0.351. The summed E-state index contributed by atoms with van der Waals surface area (Å²) in [6.07, 6.45) is 0. The maximum Gasteiger partial charge on any atom is 0.131 e. The van der Waals surface area contributed by atoms with Gasteiger partial charge in [0.05, 0.1) is 5.88 Å². The number of ether oxygens (including phenoxy) is 1. The average Bonchev–Trinajstić information content (AvgIpc) is 2.34. The molecule has 0 bridgehead atoms. The first-order chi connectivity index (χ1) is 8.19. The fourth-order valence-electron chi connectivity index (χ4n) is 1.38. The molecule has 2 aromatic carbocycles. The maximum absolute atomic E-state index is 5.89. The molecule has 1 nitrogen and oxygen atoms in total. The van der Waals surface area contributed by atoms with Gasteiger partial charge in [0.1, 0.15) is 11.5 Å². The van der Waals surface area contributed by atoms with E-state index >= 15 is 0 Å². The molecule has 0 N–H and O–H groups in total. The molecule has 0 atom stereocenters. The third kappa shape index (κ3) is 3.29. The van der Waals surface area contributed by atoms with E-state index < -0.39 is 0 Å². The van der Waals surface area contributed by atoms with Gasteiger partial charge >= 0.3 is 0 Å². The van der Waals surface area contributed by atoms with Gasteiger partial charge in [0, 0.05) is 15.6 Å². The van der Waals surface area contributed by atoms with Crippen molar-refractivity contribution < 1.29 is 4.74 Å². The lowest BCUT2D eigenvalue weighted by Gasteiger charge is -2.09. The van der Waals surface area contributed by atoms with Crippen molar-refractivity contribution in [1.29, 1.82) is 0 Å². The first-order valence-corrected chi connectivity index (χ1v) is 6.26. The van der Waals surface area contributed by atoms with Gasteiger partial charge in [-0.25, -0.2) is 0 Å². The van der Waals surface area contributed by atoms with Crippen LogP contribution in [0.4, 0.5) is 0 Å². The van der Waals surface area contributed by atoms with E-state index in [2.05, 4.69) is 0 Å². The van der Waals surface area contributed by atoms with Gasteiger partial charge in [-0.1, -0.05) is 23.2 Å². The number of hydrogen-bond acceptors (Lipinski definition) is 1. The fraction of sp³-hybridized carbons (Fsp3) is 0.0769. The van der Waals surface area contributed by atoms with Crippen LogP contribution in [0.1, 0.15) is 5.56 Å². The predicted octanol–water partition coefficient (Wildman–Crippen LogP) is 5.52. The molecule has 0 aromatic heterocycles. The molecule has 17 heavy (non-hydrogen) atoms. The van der Waals surface area contributed by atoms with Gasteiger partial charge in [-0.3, -0.25) is 0 Å². The Hall–Kier alpha value is -0.890. The molecular weight excluding hydrogens is 279 g/mol. The smallest absolute Gasteiger partial charge is 0.131 e. The molecule has 0 spiro atoms. The van der Waals surface area contributed by atoms with Crippen LogP contribution in [0, 0.1) is 0 Å². The Kier molecular flexibility index (Phi) is 4.16. The standard InChI is InChI=1S/C13H9Cl3O/c14-8-9-7-11(16)3-6-13(9)17-12-4-1-10(15)2-5-12/h1-7H,8H2. The van der Waals surface area contributed by atoms with E-state index in [9.17, 15) is 0 Å². The first kappa shape index (κ1) is 12.6. The van der Waals surface area contributed by atoms with E-state index in [-0.39, 0.29) is 0 Å². The molecule has 4 heteroatoms. The normalized spacial score (nSPS) is 10.3. The van der Waals surface area contributed by atoms with Crippen molar-refractivity contribution in [3.05, 3.63) is 58.1 Å².